The molecule has 2 aliphatic rings. The molecule has 0 aliphatic carbocycles. The second-order valence-electron chi connectivity index (χ2n) is 5.51. The summed E-state index contributed by atoms with van der Waals surface area (Å²) in [4.78, 5) is 2.12. The Morgan fingerprint density at radius 2 is 1.74 bits per heavy atom. The molecule has 0 saturated carbocycles. The molecule has 0 aromatic rings. The molecule has 0 spiro atoms. The molecule has 7 nitrogen and oxygen atoms in total. The van der Waals surface area contributed by atoms with Crippen LogP contribution in [0.5, 0.6) is 0 Å². The first-order chi connectivity index (χ1) is 8.86. The minimum Gasteiger partial charge on any atom is -0.386 e. The van der Waals surface area contributed by atoms with Crippen LogP contribution in [0.25, 0.3) is 0 Å². The summed E-state index contributed by atoms with van der Waals surface area (Å²) in [5, 5.41) is 7.77. The fourth-order valence-corrected chi connectivity index (χ4v) is 4.34. The van der Waals surface area contributed by atoms with Crippen molar-refractivity contribution in [1.82, 2.24) is 13.9 Å². The van der Waals surface area contributed by atoms with Crippen LogP contribution in [0.4, 0.5) is 0 Å². The lowest BCUT2D eigenvalue weighted by molar-refractivity contribution is 0.216. The van der Waals surface area contributed by atoms with Gasteiger partial charge >= 0.3 is 0 Å². The lowest BCUT2D eigenvalue weighted by atomic mass is 9.88. The summed E-state index contributed by atoms with van der Waals surface area (Å²) in [6.07, 6.45) is 2.89. The van der Waals surface area contributed by atoms with Crippen LogP contribution in [-0.4, -0.2) is 62.2 Å². The quantitative estimate of drug-likeness (QED) is 0.471. The zero-order valence-electron chi connectivity index (χ0n) is 11.4. The van der Waals surface area contributed by atoms with Gasteiger partial charge in [-0.2, -0.15) is 17.4 Å². The van der Waals surface area contributed by atoms with Crippen LogP contribution in [0, 0.1) is 5.41 Å². The third-order valence-electron chi connectivity index (χ3n) is 4.09. The van der Waals surface area contributed by atoms with Crippen molar-refractivity contribution in [1.29, 1.82) is 5.41 Å². The van der Waals surface area contributed by atoms with E-state index in [1.807, 2.05) is 7.05 Å². The average molecular weight is 289 g/mol. The molecule has 2 heterocycles. The molecule has 2 rings (SSSR count). The first-order valence-electron chi connectivity index (χ1n) is 6.68. The molecule has 19 heavy (non-hydrogen) atoms. The molecule has 0 bridgehead atoms. The normalized spacial score (nSPS) is 25.5. The van der Waals surface area contributed by atoms with Crippen LogP contribution in [0.1, 0.15) is 25.7 Å². The highest BCUT2D eigenvalue weighted by Gasteiger charge is 2.42. The summed E-state index contributed by atoms with van der Waals surface area (Å²) in [7, 11) is -1.55. The second-order valence-corrected chi connectivity index (χ2v) is 7.18. The van der Waals surface area contributed by atoms with E-state index in [0.29, 0.717) is 25.9 Å². The highest BCUT2D eigenvalue weighted by molar-refractivity contribution is 7.87. The molecule has 8 heteroatoms. The van der Waals surface area contributed by atoms with E-state index in [9.17, 15) is 8.42 Å². The Bertz CT molecular complexity index is 436. The molecule has 4 N–H and O–H groups in total. The third-order valence-corrected chi connectivity index (χ3v) is 5.78. The Balaban J connectivity index is 2.15. The van der Waals surface area contributed by atoms with E-state index in [4.69, 9.17) is 11.1 Å². The molecule has 0 unspecified atom stereocenters. The van der Waals surface area contributed by atoms with Gasteiger partial charge in [-0.05, 0) is 32.7 Å². The molecular formula is C11H23N5O2S. The van der Waals surface area contributed by atoms with Crippen LogP contribution < -0.4 is 10.5 Å². The first-order valence-corrected chi connectivity index (χ1v) is 8.12. The van der Waals surface area contributed by atoms with Gasteiger partial charge in [0.25, 0.3) is 10.2 Å². The number of likely N-dealkylation sites (tertiary alicyclic amines) is 1. The number of hydrogen-bond donors (Lipinski definition) is 3. The Labute approximate surface area is 114 Å². The van der Waals surface area contributed by atoms with E-state index in [2.05, 4.69) is 9.62 Å². The van der Waals surface area contributed by atoms with Crippen molar-refractivity contribution in [3.8, 4) is 0 Å². The Hall–Kier alpha value is -0.700. The van der Waals surface area contributed by atoms with E-state index in [-0.39, 0.29) is 5.84 Å². The summed E-state index contributed by atoms with van der Waals surface area (Å²) in [6, 6.07) is 0. The zero-order chi connectivity index (χ0) is 14.1. The number of rotatable bonds is 4. The fraction of sp³-hybridized carbons (Fsp3) is 0.909. The standard InChI is InChI=1S/C11H23N5O2S/c1-15-8-4-11(5-9-15,10(12)13)14-19(17,18)16-6-2-3-7-16/h14H,2-9H2,1H3,(H3,12,13). The number of nitrogens with zero attached hydrogens (tertiary/aromatic N) is 2. The van der Waals surface area contributed by atoms with Crippen LogP contribution >= 0.6 is 0 Å². The van der Waals surface area contributed by atoms with E-state index in [1.165, 1.54) is 4.31 Å². The van der Waals surface area contributed by atoms with E-state index in [0.717, 1.165) is 25.9 Å². The average Bonchev–Trinajstić information content (AvgIpc) is 2.86. The van der Waals surface area contributed by atoms with Gasteiger partial charge in [-0.25, -0.2) is 0 Å². The summed E-state index contributed by atoms with van der Waals surface area (Å²) < 4.78 is 28.8. The third kappa shape index (κ3) is 3.07. The maximum Gasteiger partial charge on any atom is 0.280 e. The molecule has 0 aromatic heterocycles. The second kappa shape index (κ2) is 5.35. The maximum absolute atomic E-state index is 12.3. The largest absolute Gasteiger partial charge is 0.386 e. The van der Waals surface area contributed by atoms with Gasteiger partial charge in [0.1, 0.15) is 5.84 Å². The number of nitrogens with one attached hydrogen (secondary N) is 2. The van der Waals surface area contributed by atoms with Crippen molar-refractivity contribution in [2.45, 2.75) is 31.2 Å². The molecule has 110 valence electrons. The highest BCUT2D eigenvalue weighted by atomic mass is 32.2. The zero-order valence-corrected chi connectivity index (χ0v) is 12.2. The number of piperidine rings is 1. The molecule has 0 atom stereocenters. The Kier molecular flexibility index (Phi) is 4.14. The molecule has 2 fully saturated rings. The van der Waals surface area contributed by atoms with E-state index >= 15 is 0 Å². The monoisotopic (exact) mass is 289 g/mol. The van der Waals surface area contributed by atoms with Crippen LogP contribution in [0.15, 0.2) is 0 Å². The molecule has 0 aromatic carbocycles. The van der Waals surface area contributed by atoms with Crippen molar-refractivity contribution in [2.75, 3.05) is 33.2 Å². The summed E-state index contributed by atoms with van der Waals surface area (Å²) in [5.74, 6) is -0.0802. The van der Waals surface area contributed by atoms with Crippen molar-refractivity contribution >= 4 is 16.0 Å². The SMILES string of the molecule is CN1CCC(NS(=O)(=O)N2CCCC2)(C(=N)N)CC1. The van der Waals surface area contributed by atoms with Crippen LogP contribution in [0.2, 0.25) is 0 Å². The molecule has 2 aliphatic heterocycles. The van der Waals surface area contributed by atoms with Crippen LogP contribution in [0.3, 0.4) is 0 Å². The Morgan fingerprint density at radius 1 is 1.21 bits per heavy atom. The summed E-state index contributed by atoms with van der Waals surface area (Å²) >= 11 is 0. The van der Waals surface area contributed by atoms with Crippen molar-refractivity contribution in [3.05, 3.63) is 0 Å². The van der Waals surface area contributed by atoms with Crippen LogP contribution in [-0.2, 0) is 10.2 Å². The molecule has 0 amide bonds. The van der Waals surface area contributed by atoms with Gasteiger partial charge < -0.3 is 10.6 Å². The fourth-order valence-electron chi connectivity index (χ4n) is 2.67. The van der Waals surface area contributed by atoms with Gasteiger partial charge in [0.05, 0.1) is 5.54 Å². The number of hydrogen-bond acceptors (Lipinski definition) is 4. The lowest BCUT2D eigenvalue weighted by Gasteiger charge is -2.40. The van der Waals surface area contributed by atoms with Gasteiger partial charge in [-0.3, -0.25) is 5.41 Å². The Morgan fingerprint density at radius 3 is 2.21 bits per heavy atom. The van der Waals surface area contributed by atoms with Crippen molar-refractivity contribution < 1.29 is 8.42 Å². The lowest BCUT2D eigenvalue weighted by Crippen LogP contribution is -2.63. The van der Waals surface area contributed by atoms with E-state index < -0.39 is 15.7 Å². The van der Waals surface area contributed by atoms with Gasteiger partial charge in [0.15, 0.2) is 0 Å². The smallest absolute Gasteiger partial charge is 0.280 e. The maximum atomic E-state index is 12.3. The number of amidine groups is 1. The molecular weight excluding hydrogens is 266 g/mol. The topological polar surface area (TPSA) is 103 Å². The molecule has 2 saturated heterocycles. The highest BCUT2D eigenvalue weighted by Crippen LogP contribution is 2.24. The first kappa shape index (κ1) is 14.7. The van der Waals surface area contributed by atoms with Gasteiger partial charge in [0.2, 0.25) is 0 Å². The summed E-state index contributed by atoms with van der Waals surface area (Å²) in [5.41, 5.74) is 4.76. The van der Waals surface area contributed by atoms with Crippen molar-refractivity contribution in [3.63, 3.8) is 0 Å². The van der Waals surface area contributed by atoms with Crippen molar-refractivity contribution in [2.24, 2.45) is 5.73 Å². The number of nitrogens with two attached hydrogens (primary N) is 1. The molecule has 0 radical (unpaired) electrons. The van der Waals surface area contributed by atoms with Gasteiger partial charge in [0, 0.05) is 26.2 Å². The van der Waals surface area contributed by atoms with Gasteiger partial charge in [-0.1, -0.05) is 0 Å². The predicted octanol–water partition coefficient (Wildman–Crippen LogP) is -0.683. The summed E-state index contributed by atoms with van der Waals surface area (Å²) in [6.45, 7) is 2.59. The minimum absolute atomic E-state index is 0.0802. The predicted molar refractivity (Wildman–Crippen MR) is 74.2 cm³/mol. The minimum atomic E-state index is -3.54. The van der Waals surface area contributed by atoms with E-state index in [1.54, 1.807) is 0 Å². The van der Waals surface area contributed by atoms with Gasteiger partial charge in [-0.15, -0.1) is 0 Å².